The Bertz CT molecular complexity index is 587. The summed E-state index contributed by atoms with van der Waals surface area (Å²) < 4.78 is 22.9. The molecule has 8 heteroatoms. The number of carbonyl (C=O) groups excluding carboxylic acids is 1. The molecule has 1 unspecified atom stereocenters. The Morgan fingerprint density at radius 2 is 2.32 bits per heavy atom. The quantitative estimate of drug-likeness (QED) is 0.579. The Hall–Kier alpha value is -1.67. The third-order valence-corrected chi connectivity index (χ3v) is 5.00. The topological polar surface area (TPSA) is 105 Å². The highest BCUT2D eigenvalue weighted by Gasteiger charge is 2.33. The minimum Gasteiger partial charge on any atom is -0.338 e. The largest absolute Gasteiger partial charge is 0.338 e. The van der Waals surface area contributed by atoms with Crippen LogP contribution >= 0.6 is 0 Å². The molecular formula is C11H16N4O3S. The van der Waals surface area contributed by atoms with Crippen molar-refractivity contribution in [1.82, 2.24) is 9.88 Å². The number of sulfone groups is 1. The van der Waals surface area contributed by atoms with Crippen molar-refractivity contribution in [2.24, 2.45) is 5.84 Å². The van der Waals surface area contributed by atoms with Gasteiger partial charge < -0.3 is 10.3 Å². The smallest absolute Gasteiger partial charge is 0.257 e. The van der Waals surface area contributed by atoms with E-state index in [0.717, 1.165) is 0 Å². The van der Waals surface area contributed by atoms with Crippen molar-refractivity contribution >= 4 is 21.6 Å². The standard InChI is InChI=1S/C11H16N4O3S/c1-15(8-4-6-19(17,18)7-8)11(16)9-3-2-5-13-10(9)14-12/h2-3,5,8H,4,6-7,12H2,1H3,(H,13,14). The van der Waals surface area contributed by atoms with E-state index in [1.54, 1.807) is 19.2 Å². The first-order valence-electron chi connectivity index (χ1n) is 5.84. The van der Waals surface area contributed by atoms with Gasteiger partial charge in [0.2, 0.25) is 0 Å². The second-order valence-corrected chi connectivity index (χ2v) is 6.75. The van der Waals surface area contributed by atoms with Crippen molar-refractivity contribution in [2.45, 2.75) is 12.5 Å². The van der Waals surface area contributed by atoms with Gasteiger partial charge in [0, 0.05) is 19.3 Å². The van der Waals surface area contributed by atoms with Gasteiger partial charge in [-0.2, -0.15) is 0 Å². The molecule has 0 bridgehead atoms. The van der Waals surface area contributed by atoms with Crippen LogP contribution in [-0.4, -0.2) is 48.8 Å². The van der Waals surface area contributed by atoms with E-state index in [0.29, 0.717) is 12.0 Å². The van der Waals surface area contributed by atoms with Crippen molar-refractivity contribution in [3.8, 4) is 0 Å². The molecule has 1 fully saturated rings. The SMILES string of the molecule is CN(C(=O)c1cccnc1NN)C1CCS(=O)(=O)C1. The number of carbonyl (C=O) groups is 1. The molecule has 2 rings (SSSR count). The molecule has 2 heterocycles. The zero-order valence-electron chi connectivity index (χ0n) is 10.5. The number of nitrogens with zero attached hydrogens (tertiary/aromatic N) is 2. The first-order chi connectivity index (χ1) is 8.94. The van der Waals surface area contributed by atoms with Crippen LogP contribution in [0.15, 0.2) is 18.3 Å². The highest BCUT2D eigenvalue weighted by molar-refractivity contribution is 7.91. The van der Waals surface area contributed by atoms with Crippen molar-refractivity contribution in [2.75, 3.05) is 24.0 Å². The summed E-state index contributed by atoms with van der Waals surface area (Å²) in [6, 6.07) is 2.95. The van der Waals surface area contributed by atoms with E-state index in [2.05, 4.69) is 10.4 Å². The number of nitrogens with one attached hydrogen (secondary N) is 1. The Morgan fingerprint density at radius 1 is 1.58 bits per heavy atom. The van der Waals surface area contributed by atoms with Gasteiger partial charge in [-0.15, -0.1) is 0 Å². The van der Waals surface area contributed by atoms with Crippen molar-refractivity contribution < 1.29 is 13.2 Å². The van der Waals surface area contributed by atoms with Gasteiger partial charge in [0.15, 0.2) is 15.7 Å². The molecule has 1 aromatic heterocycles. The monoisotopic (exact) mass is 284 g/mol. The van der Waals surface area contributed by atoms with Gasteiger partial charge in [0.1, 0.15) is 0 Å². The molecule has 0 spiro atoms. The highest BCUT2D eigenvalue weighted by Crippen LogP contribution is 2.20. The zero-order valence-corrected chi connectivity index (χ0v) is 11.4. The van der Waals surface area contributed by atoms with Gasteiger partial charge in [0.05, 0.1) is 17.1 Å². The first-order valence-corrected chi connectivity index (χ1v) is 7.66. The number of hydrogen-bond acceptors (Lipinski definition) is 6. The number of nitrogen functional groups attached to an aromatic ring is 1. The fourth-order valence-corrected chi connectivity index (χ4v) is 3.90. The third-order valence-electron chi connectivity index (χ3n) is 3.25. The van der Waals surface area contributed by atoms with Crippen molar-refractivity contribution in [1.29, 1.82) is 0 Å². The van der Waals surface area contributed by atoms with Crippen LogP contribution < -0.4 is 11.3 Å². The van der Waals surface area contributed by atoms with Crippen LogP contribution in [0, 0.1) is 0 Å². The molecule has 1 amide bonds. The maximum absolute atomic E-state index is 12.3. The minimum absolute atomic E-state index is 0.0148. The lowest BCUT2D eigenvalue weighted by Gasteiger charge is -2.24. The van der Waals surface area contributed by atoms with E-state index >= 15 is 0 Å². The lowest BCUT2D eigenvalue weighted by atomic mass is 10.1. The number of hydrazine groups is 1. The van der Waals surface area contributed by atoms with Crippen LogP contribution in [0.5, 0.6) is 0 Å². The average molecular weight is 284 g/mol. The Kier molecular flexibility index (Phi) is 3.72. The zero-order chi connectivity index (χ0) is 14.0. The maximum atomic E-state index is 12.3. The molecule has 104 valence electrons. The van der Waals surface area contributed by atoms with E-state index in [-0.39, 0.29) is 29.3 Å². The molecular weight excluding hydrogens is 268 g/mol. The Labute approximate surface area is 111 Å². The van der Waals surface area contributed by atoms with Crippen LogP contribution in [0.1, 0.15) is 16.8 Å². The highest BCUT2D eigenvalue weighted by atomic mass is 32.2. The normalized spacial score (nSPS) is 21.1. The van der Waals surface area contributed by atoms with Gasteiger partial charge >= 0.3 is 0 Å². The van der Waals surface area contributed by atoms with E-state index in [1.807, 2.05) is 0 Å². The molecule has 7 nitrogen and oxygen atoms in total. The van der Waals surface area contributed by atoms with Crippen LogP contribution in [0.25, 0.3) is 0 Å². The third kappa shape index (κ3) is 2.85. The lowest BCUT2D eigenvalue weighted by Crippen LogP contribution is -2.38. The van der Waals surface area contributed by atoms with Crippen LogP contribution in [-0.2, 0) is 9.84 Å². The number of nitrogens with two attached hydrogens (primary N) is 1. The van der Waals surface area contributed by atoms with Gasteiger partial charge in [-0.3, -0.25) is 4.79 Å². The van der Waals surface area contributed by atoms with Crippen LogP contribution in [0.4, 0.5) is 5.82 Å². The first kappa shape index (κ1) is 13.8. The van der Waals surface area contributed by atoms with E-state index in [9.17, 15) is 13.2 Å². The number of rotatable bonds is 3. The Balaban J connectivity index is 2.20. The second kappa shape index (κ2) is 5.14. The molecule has 1 atom stereocenters. The fraction of sp³-hybridized carbons (Fsp3) is 0.455. The summed E-state index contributed by atoms with van der Waals surface area (Å²) in [4.78, 5) is 17.7. The van der Waals surface area contributed by atoms with Crippen LogP contribution in [0.2, 0.25) is 0 Å². The maximum Gasteiger partial charge on any atom is 0.257 e. The Morgan fingerprint density at radius 3 is 2.89 bits per heavy atom. The number of aromatic nitrogens is 1. The molecule has 0 aliphatic carbocycles. The average Bonchev–Trinajstić information content (AvgIpc) is 2.77. The van der Waals surface area contributed by atoms with Crippen molar-refractivity contribution in [3.05, 3.63) is 23.9 Å². The number of hydrogen-bond donors (Lipinski definition) is 2. The second-order valence-electron chi connectivity index (χ2n) is 4.52. The van der Waals surface area contributed by atoms with E-state index in [1.165, 1.54) is 11.1 Å². The van der Waals surface area contributed by atoms with Gasteiger partial charge in [-0.1, -0.05) is 0 Å². The molecule has 1 aromatic rings. The predicted molar refractivity (Wildman–Crippen MR) is 71.2 cm³/mol. The lowest BCUT2D eigenvalue weighted by molar-refractivity contribution is 0.0748. The molecule has 1 aliphatic heterocycles. The molecule has 1 saturated heterocycles. The summed E-state index contributed by atoms with van der Waals surface area (Å²) in [5.41, 5.74) is 2.69. The van der Waals surface area contributed by atoms with E-state index in [4.69, 9.17) is 5.84 Å². The van der Waals surface area contributed by atoms with Gasteiger partial charge in [-0.25, -0.2) is 19.2 Å². The number of anilines is 1. The summed E-state index contributed by atoms with van der Waals surface area (Å²) in [7, 11) is -1.42. The molecule has 1 aliphatic rings. The molecule has 0 radical (unpaired) electrons. The summed E-state index contributed by atoms with van der Waals surface area (Å²) in [5, 5.41) is 0. The molecule has 3 N–H and O–H groups in total. The van der Waals surface area contributed by atoms with Crippen LogP contribution in [0.3, 0.4) is 0 Å². The summed E-state index contributed by atoms with van der Waals surface area (Å²) in [6.45, 7) is 0. The summed E-state index contributed by atoms with van der Waals surface area (Å²) in [5.74, 6) is 5.44. The van der Waals surface area contributed by atoms with E-state index < -0.39 is 9.84 Å². The summed E-state index contributed by atoms with van der Waals surface area (Å²) in [6.07, 6.45) is 1.99. The predicted octanol–water partition coefficient (Wildman–Crippen LogP) is -0.374. The number of pyridine rings is 1. The van der Waals surface area contributed by atoms with Gasteiger partial charge in [0.25, 0.3) is 5.91 Å². The fourth-order valence-electron chi connectivity index (χ4n) is 2.13. The molecule has 19 heavy (non-hydrogen) atoms. The molecule has 0 saturated carbocycles. The summed E-state index contributed by atoms with van der Waals surface area (Å²) >= 11 is 0. The van der Waals surface area contributed by atoms with Gasteiger partial charge in [-0.05, 0) is 18.6 Å². The minimum atomic E-state index is -3.02. The van der Waals surface area contributed by atoms with Crippen molar-refractivity contribution in [3.63, 3.8) is 0 Å². The molecule has 0 aromatic carbocycles. The number of amides is 1.